The van der Waals surface area contributed by atoms with Crippen molar-refractivity contribution in [3.05, 3.63) is 35.7 Å². The second-order valence-electron chi connectivity index (χ2n) is 3.16. The molecule has 0 aromatic heterocycles. The Labute approximate surface area is 90.3 Å². The molecule has 0 aliphatic carbocycles. The fourth-order valence-corrected chi connectivity index (χ4v) is 1.12. The lowest BCUT2D eigenvalue weighted by Gasteiger charge is -2.04. The Bertz CT molecular complexity index is 365. The zero-order chi connectivity index (χ0) is 12.2. The molecule has 1 nitrogen and oxygen atoms in total. The number of hydrogen-bond acceptors (Lipinski definition) is 1. The number of hydrogen-bond donors (Lipinski definition) is 0. The molecule has 0 aliphatic heterocycles. The van der Waals surface area contributed by atoms with E-state index >= 15 is 0 Å². The van der Waals surface area contributed by atoms with Crippen LogP contribution in [0.3, 0.4) is 0 Å². The van der Waals surface area contributed by atoms with Crippen LogP contribution in [-0.4, -0.2) is 13.3 Å². The topological polar surface area (TPSA) is 9.23 Å². The van der Waals surface area contributed by atoms with E-state index in [-0.39, 0.29) is 0 Å². The van der Waals surface area contributed by atoms with Gasteiger partial charge in [0.05, 0.1) is 13.5 Å². The van der Waals surface area contributed by atoms with Gasteiger partial charge in [-0.05, 0) is 23.8 Å². The van der Waals surface area contributed by atoms with Crippen LogP contribution < -0.4 is 4.74 Å². The SMILES string of the molecule is COc1ccc(/C=C(\F)CC(F)(F)F)cc1. The highest BCUT2D eigenvalue weighted by atomic mass is 19.4. The highest BCUT2D eigenvalue weighted by molar-refractivity contribution is 5.52. The molecule has 5 heteroatoms. The van der Waals surface area contributed by atoms with Crippen LogP contribution in [0.2, 0.25) is 0 Å². The van der Waals surface area contributed by atoms with E-state index in [1.807, 2.05) is 0 Å². The lowest BCUT2D eigenvalue weighted by Crippen LogP contribution is -2.06. The molecule has 0 radical (unpaired) electrons. The summed E-state index contributed by atoms with van der Waals surface area (Å²) in [6, 6.07) is 6.06. The van der Waals surface area contributed by atoms with Gasteiger partial charge >= 0.3 is 6.18 Å². The van der Waals surface area contributed by atoms with Crippen LogP contribution in [0.1, 0.15) is 12.0 Å². The molecule has 0 bridgehead atoms. The van der Waals surface area contributed by atoms with Crippen LogP contribution in [0.4, 0.5) is 17.6 Å². The molecule has 0 saturated heterocycles. The Morgan fingerprint density at radius 3 is 2.25 bits per heavy atom. The van der Waals surface area contributed by atoms with Crippen molar-refractivity contribution in [3.8, 4) is 5.75 Å². The van der Waals surface area contributed by atoms with Crippen molar-refractivity contribution in [1.82, 2.24) is 0 Å². The third-order valence-electron chi connectivity index (χ3n) is 1.81. The van der Waals surface area contributed by atoms with Crippen LogP contribution in [0, 0.1) is 0 Å². The van der Waals surface area contributed by atoms with Gasteiger partial charge in [0.1, 0.15) is 11.6 Å². The minimum absolute atomic E-state index is 0.363. The number of alkyl halides is 3. The van der Waals surface area contributed by atoms with Gasteiger partial charge in [-0.25, -0.2) is 4.39 Å². The number of methoxy groups -OCH3 is 1. The molecule has 1 aromatic rings. The van der Waals surface area contributed by atoms with Crippen molar-refractivity contribution in [2.75, 3.05) is 7.11 Å². The predicted molar refractivity (Wildman–Crippen MR) is 52.8 cm³/mol. The fourth-order valence-electron chi connectivity index (χ4n) is 1.12. The largest absolute Gasteiger partial charge is 0.497 e. The van der Waals surface area contributed by atoms with Gasteiger partial charge < -0.3 is 4.74 Å². The molecular formula is C11H10F4O. The fraction of sp³-hybridized carbons (Fsp3) is 0.273. The Hall–Kier alpha value is -1.52. The van der Waals surface area contributed by atoms with Gasteiger partial charge in [0, 0.05) is 0 Å². The lowest BCUT2D eigenvalue weighted by molar-refractivity contribution is -0.129. The molecule has 0 unspecified atom stereocenters. The van der Waals surface area contributed by atoms with Crippen molar-refractivity contribution in [2.45, 2.75) is 12.6 Å². The van der Waals surface area contributed by atoms with E-state index in [9.17, 15) is 17.6 Å². The van der Waals surface area contributed by atoms with Crippen molar-refractivity contribution in [1.29, 1.82) is 0 Å². The van der Waals surface area contributed by atoms with Gasteiger partial charge in [0.2, 0.25) is 0 Å². The first-order chi connectivity index (χ1) is 7.40. The average molecular weight is 234 g/mol. The Kier molecular flexibility index (Phi) is 3.93. The van der Waals surface area contributed by atoms with Gasteiger partial charge in [-0.2, -0.15) is 13.2 Å². The first-order valence-electron chi connectivity index (χ1n) is 4.47. The number of halogens is 4. The summed E-state index contributed by atoms with van der Waals surface area (Å²) in [4.78, 5) is 0. The maximum Gasteiger partial charge on any atom is 0.395 e. The zero-order valence-corrected chi connectivity index (χ0v) is 8.51. The molecule has 0 fully saturated rings. The molecule has 1 rings (SSSR count). The number of benzene rings is 1. The summed E-state index contributed by atoms with van der Waals surface area (Å²) in [5.41, 5.74) is 0.363. The summed E-state index contributed by atoms with van der Waals surface area (Å²) in [5.74, 6) is -0.647. The quantitative estimate of drug-likeness (QED) is 0.719. The van der Waals surface area contributed by atoms with Crippen molar-refractivity contribution in [2.24, 2.45) is 0 Å². The molecule has 16 heavy (non-hydrogen) atoms. The van der Waals surface area contributed by atoms with Crippen molar-refractivity contribution >= 4 is 6.08 Å². The van der Waals surface area contributed by atoms with E-state index in [4.69, 9.17) is 4.74 Å². The molecule has 0 aliphatic rings. The predicted octanol–water partition coefficient (Wildman–Crippen LogP) is 3.96. The summed E-state index contributed by atoms with van der Waals surface area (Å²) in [5, 5.41) is 0. The van der Waals surface area contributed by atoms with E-state index in [1.165, 1.54) is 19.2 Å². The second-order valence-corrected chi connectivity index (χ2v) is 3.16. The van der Waals surface area contributed by atoms with E-state index in [1.54, 1.807) is 12.1 Å². The van der Waals surface area contributed by atoms with Crippen LogP contribution in [0.25, 0.3) is 6.08 Å². The summed E-state index contributed by atoms with van der Waals surface area (Å²) in [6.45, 7) is 0. The maximum atomic E-state index is 12.9. The Balaban J connectivity index is 2.74. The van der Waals surface area contributed by atoms with Gasteiger partial charge in [-0.15, -0.1) is 0 Å². The second kappa shape index (κ2) is 5.01. The molecule has 0 heterocycles. The van der Waals surface area contributed by atoms with Crippen LogP contribution in [0.5, 0.6) is 5.75 Å². The molecule has 0 atom stereocenters. The number of allylic oxidation sites excluding steroid dienone is 1. The van der Waals surface area contributed by atoms with Gasteiger partial charge in [-0.3, -0.25) is 0 Å². The minimum Gasteiger partial charge on any atom is -0.497 e. The highest BCUT2D eigenvalue weighted by Crippen LogP contribution is 2.26. The molecule has 0 N–H and O–H groups in total. The molecule has 0 saturated carbocycles. The van der Waals surface area contributed by atoms with Crippen molar-refractivity contribution < 1.29 is 22.3 Å². The van der Waals surface area contributed by atoms with Gasteiger partial charge in [-0.1, -0.05) is 12.1 Å². The van der Waals surface area contributed by atoms with Crippen LogP contribution in [0.15, 0.2) is 30.1 Å². The maximum absolute atomic E-state index is 12.9. The van der Waals surface area contributed by atoms with Gasteiger partial charge in [0.25, 0.3) is 0 Å². The summed E-state index contributed by atoms with van der Waals surface area (Å²) < 4.78 is 53.2. The van der Waals surface area contributed by atoms with Crippen molar-refractivity contribution in [3.63, 3.8) is 0 Å². The summed E-state index contributed by atoms with van der Waals surface area (Å²) in [7, 11) is 1.47. The first-order valence-corrected chi connectivity index (χ1v) is 4.47. The minimum atomic E-state index is -4.52. The van der Waals surface area contributed by atoms with E-state index in [0.717, 1.165) is 6.08 Å². The normalized spacial score (nSPS) is 12.7. The van der Waals surface area contributed by atoms with Gasteiger partial charge in [0.15, 0.2) is 0 Å². The standard InChI is InChI=1S/C11H10F4O/c1-16-10-4-2-8(3-5-10)6-9(12)7-11(13,14)15/h2-6H,7H2,1H3/b9-6-. The molecule has 0 spiro atoms. The van der Waals surface area contributed by atoms with Crippen LogP contribution >= 0.6 is 0 Å². The highest BCUT2D eigenvalue weighted by Gasteiger charge is 2.29. The lowest BCUT2D eigenvalue weighted by atomic mass is 10.2. The van der Waals surface area contributed by atoms with E-state index < -0.39 is 18.4 Å². The summed E-state index contributed by atoms with van der Waals surface area (Å²) in [6.07, 6.45) is -5.21. The molecule has 1 aromatic carbocycles. The molecular weight excluding hydrogens is 224 g/mol. The monoisotopic (exact) mass is 234 g/mol. The summed E-state index contributed by atoms with van der Waals surface area (Å²) >= 11 is 0. The van der Waals surface area contributed by atoms with E-state index in [2.05, 4.69) is 0 Å². The van der Waals surface area contributed by atoms with Crippen LogP contribution in [-0.2, 0) is 0 Å². The smallest absolute Gasteiger partial charge is 0.395 e. The number of ether oxygens (including phenoxy) is 1. The number of rotatable bonds is 3. The third kappa shape index (κ3) is 4.33. The first kappa shape index (κ1) is 12.5. The Morgan fingerprint density at radius 2 is 1.81 bits per heavy atom. The Morgan fingerprint density at radius 1 is 1.25 bits per heavy atom. The zero-order valence-electron chi connectivity index (χ0n) is 8.51. The third-order valence-corrected chi connectivity index (χ3v) is 1.81. The molecule has 0 amide bonds. The average Bonchev–Trinajstić information content (AvgIpc) is 2.16. The van der Waals surface area contributed by atoms with E-state index in [0.29, 0.717) is 11.3 Å². The molecule has 88 valence electrons.